The zero-order chi connectivity index (χ0) is 18.2. The van der Waals surface area contributed by atoms with E-state index < -0.39 is 12.1 Å². The summed E-state index contributed by atoms with van der Waals surface area (Å²) in [6.45, 7) is 6.70. The molecule has 25 heavy (non-hydrogen) atoms. The molecule has 1 saturated carbocycles. The Hall–Kier alpha value is -1.88. The highest BCUT2D eigenvalue weighted by Gasteiger charge is 2.56. The number of carbonyl (C=O) groups excluding carboxylic acids is 2. The summed E-state index contributed by atoms with van der Waals surface area (Å²) in [5, 5.41) is 0. The van der Waals surface area contributed by atoms with Gasteiger partial charge in [-0.25, -0.2) is 4.79 Å². The van der Waals surface area contributed by atoms with E-state index in [0.29, 0.717) is 13.0 Å². The van der Waals surface area contributed by atoms with Crippen LogP contribution in [0.2, 0.25) is 0 Å². The van der Waals surface area contributed by atoms with E-state index in [1.54, 1.807) is 4.90 Å². The van der Waals surface area contributed by atoms with Crippen molar-refractivity contribution in [1.82, 2.24) is 4.90 Å². The Morgan fingerprint density at radius 2 is 1.92 bits per heavy atom. The molecular weight excluding hydrogens is 316 g/mol. The molecule has 2 aliphatic rings. The van der Waals surface area contributed by atoms with Gasteiger partial charge in [-0.1, -0.05) is 51.1 Å². The van der Waals surface area contributed by atoms with Crippen molar-refractivity contribution in [1.29, 1.82) is 0 Å². The lowest BCUT2D eigenvalue weighted by Gasteiger charge is -2.32. The maximum Gasteiger partial charge on any atom is 0.329 e. The lowest BCUT2D eigenvalue weighted by molar-refractivity contribution is -0.155. The molecule has 0 aromatic heterocycles. The van der Waals surface area contributed by atoms with Crippen molar-refractivity contribution in [3.63, 3.8) is 0 Å². The molecule has 1 aromatic rings. The minimum Gasteiger partial charge on any atom is -0.459 e. The van der Waals surface area contributed by atoms with Crippen LogP contribution in [-0.2, 0) is 20.9 Å². The van der Waals surface area contributed by atoms with E-state index in [-0.39, 0.29) is 29.3 Å². The fraction of sp³-hybridized carbons (Fsp3) is 0.600. The van der Waals surface area contributed by atoms with Crippen LogP contribution < -0.4 is 5.73 Å². The molecule has 5 heteroatoms. The number of ether oxygens (including phenoxy) is 1. The van der Waals surface area contributed by atoms with E-state index in [2.05, 4.69) is 0 Å². The maximum atomic E-state index is 12.9. The summed E-state index contributed by atoms with van der Waals surface area (Å²) in [6.07, 6.45) is 2.84. The Kier molecular flexibility index (Phi) is 4.62. The maximum absolute atomic E-state index is 12.9. The van der Waals surface area contributed by atoms with Crippen molar-refractivity contribution in [2.45, 2.75) is 58.7 Å². The number of benzene rings is 1. The van der Waals surface area contributed by atoms with Crippen LogP contribution in [-0.4, -0.2) is 35.4 Å². The molecule has 1 aromatic carbocycles. The third kappa shape index (κ3) is 3.87. The number of hydrogen-bond donors (Lipinski definition) is 1. The van der Waals surface area contributed by atoms with Gasteiger partial charge in [-0.05, 0) is 35.7 Å². The van der Waals surface area contributed by atoms with Crippen molar-refractivity contribution in [2.75, 3.05) is 6.54 Å². The van der Waals surface area contributed by atoms with Gasteiger partial charge in [-0.3, -0.25) is 4.79 Å². The minimum absolute atomic E-state index is 0.115. The van der Waals surface area contributed by atoms with Crippen LogP contribution in [0.3, 0.4) is 0 Å². The van der Waals surface area contributed by atoms with Gasteiger partial charge in [0.2, 0.25) is 5.91 Å². The van der Waals surface area contributed by atoms with Crippen molar-refractivity contribution < 1.29 is 14.3 Å². The molecule has 1 amide bonds. The lowest BCUT2D eigenvalue weighted by Crippen LogP contribution is -2.53. The monoisotopic (exact) mass is 344 g/mol. The standard InChI is InChI=1S/C20H28N2O3/c1-19(2,3)16(21)17(23)22-13-20(9-10-20)11-15(22)18(24)25-12-14-7-5-4-6-8-14/h4-8,15-16H,9-13,21H2,1-3H3/t15-,16+/m0/s1. The van der Waals surface area contributed by atoms with Gasteiger partial charge in [0.1, 0.15) is 12.6 Å². The molecule has 1 spiro atoms. The van der Waals surface area contributed by atoms with Gasteiger partial charge in [0.15, 0.2) is 0 Å². The highest BCUT2D eigenvalue weighted by molar-refractivity contribution is 5.89. The van der Waals surface area contributed by atoms with Crippen molar-refractivity contribution in [3.8, 4) is 0 Å². The van der Waals surface area contributed by atoms with Gasteiger partial charge in [0, 0.05) is 6.54 Å². The van der Waals surface area contributed by atoms with Crippen LogP contribution in [0.5, 0.6) is 0 Å². The Bertz CT molecular complexity index is 647. The fourth-order valence-corrected chi connectivity index (χ4v) is 3.41. The van der Waals surface area contributed by atoms with Crippen LogP contribution in [0.25, 0.3) is 0 Å². The molecule has 0 unspecified atom stereocenters. The highest BCUT2D eigenvalue weighted by atomic mass is 16.5. The summed E-state index contributed by atoms with van der Waals surface area (Å²) < 4.78 is 5.51. The van der Waals surface area contributed by atoms with Crippen LogP contribution in [0.1, 0.15) is 45.6 Å². The Balaban J connectivity index is 1.69. The topological polar surface area (TPSA) is 72.6 Å². The summed E-state index contributed by atoms with van der Waals surface area (Å²) in [5.74, 6) is -0.458. The normalized spacial score (nSPS) is 22.7. The van der Waals surface area contributed by atoms with E-state index in [1.165, 1.54) is 0 Å². The highest BCUT2D eigenvalue weighted by Crippen LogP contribution is 2.55. The van der Waals surface area contributed by atoms with Crippen molar-refractivity contribution in [3.05, 3.63) is 35.9 Å². The largest absolute Gasteiger partial charge is 0.459 e. The van der Waals surface area contributed by atoms with Crippen molar-refractivity contribution >= 4 is 11.9 Å². The SMILES string of the molecule is CC(C)(C)[C@H](N)C(=O)N1CC2(CC2)C[C@H]1C(=O)OCc1ccccc1. The molecule has 2 N–H and O–H groups in total. The Morgan fingerprint density at radius 3 is 2.48 bits per heavy atom. The average Bonchev–Trinajstić information content (AvgIpc) is 3.22. The quantitative estimate of drug-likeness (QED) is 0.852. The number of carbonyl (C=O) groups is 2. The average molecular weight is 344 g/mol. The van der Waals surface area contributed by atoms with Gasteiger partial charge in [0.25, 0.3) is 0 Å². The van der Waals surface area contributed by atoms with E-state index in [4.69, 9.17) is 10.5 Å². The van der Waals surface area contributed by atoms with Gasteiger partial charge in [-0.15, -0.1) is 0 Å². The summed E-state index contributed by atoms with van der Waals surface area (Å²) >= 11 is 0. The second-order valence-corrected chi connectivity index (χ2v) is 8.62. The fourth-order valence-electron chi connectivity index (χ4n) is 3.41. The first-order valence-corrected chi connectivity index (χ1v) is 8.99. The molecule has 0 radical (unpaired) electrons. The number of rotatable bonds is 4. The van der Waals surface area contributed by atoms with Gasteiger partial charge in [0.05, 0.1) is 6.04 Å². The van der Waals surface area contributed by atoms with Crippen molar-refractivity contribution in [2.24, 2.45) is 16.6 Å². The first-order valence-electron chi connectivity index (χ1n) is 8.99. The number of likely N-dealkylation sites (tertiary alicyclic amines) is 1. The van der Waals surface area contributed by atoms with Crippen LogP contribution in [0.4, 0.5) is 0 Å². The molecule has 1 aliphatic heterocycles. The first kappa shape index (κ1) is 17.9. The molecular formula is C20H28N2O3. The molecule has 1 heterocycles. The molecule has 2 atom stereocenters. The minimum atomic E-state index is -0.620. The zero-order valence-electron chi connectivity index (χ0n) is 15.3. The van der Waals surface area contributed by atoms with Crippen LogP contribution in [0.15, 0.2) is 30.3 Å². The van der Waals surface area contributed by atoms with E-state index >= 15 is 0 Å². The molecule has 1 saturated heterocycles. The summed E-state index contributed by atoms with van der Waals surface area (Å²) in [6, 6.07) is 8.46. The number of amides is 1. The predicted octanol–water partition coefficient (Wildman–Crippen LogP) is 2.48. The second kappa shape index (κ2) is 6.45. The van der Waals surface area contributed by atoms with E-state index in [9.17, 15) is 9.59 Å². The van der Waals surface area contributed by atoms with Gasteiger partial charge >= 0.3 is 5.97 Å². The number of nitrogens with zero attached hydrogens (tertiary/aromatic N) is 1. The second-order valence-electron chi connectivity index (χ2n) is 8.62. The van der Waals surface area contributed by atoms with E-state index in [1.807, 2.05) is 51.1 Å². The lowest BCUT2D eigenvalue weighted by atomic mass is 9.86. The summed E-state index contributed by atoms with van der Waals surface area (Å²) in [4.78, 5) is 27.2. The third-order valence-electron chi connectivity index (χ3n) is 5.44. The molecule has 3 rings (SSSR count). The molecule has 1 aliphatic carbocycles. The zero-order valence-corrected chi connectivity index (χ0v) is 15.3. The van der Waals surface area contributed by atoms with Crippen LogP contribution >= 0.6 is 0 Å². The Morgan fingerprint density at radius 1 is 1.28 bits per heavy atom. The Labute approximate surface area is 149 Å². The van der Waals surface area contributed by atoms with Gasteiger partial charge in [-0.2, -0.15) is 0 Å². The molecule has 136 valence electrons. The predicted molar refractivity (Wildman–Crippen MR) is 95.5 cm³/mol. The molecule has 5 nitrogen and oxygen atoms in total. The van der Waals surface area contributed by atoms with Gasteiger partial charge < -0.3 is 15.4 Å². The summed E-state index contributed by atoms with van der Waals surface area (Å²) in [5.41, 5.74) is 6.89. The number of esters is 1. The third-order valence-corrected chi connectivity index (χ3v) is 5.44. The molecule has 2 fully saturated rings. The first-order chi connectivity index (χ1) is 11.7. The molecule has 0 bridgehead atoms. The smallest absolute Gasteiger partial charge is 0.329 e. The summed E-state index contributed by atoms with van der Waals surface area (Å²) in [7, 11) is 0. The number of nitrogens with two attached hydrogens (primary N) is 1. The van der Waals surface area contributed by atoms with Crippen LogP contribution in [0, 0.1) is 10.8 Å². The number of hydrogen-bond acceptors (Lipinski definition) is 4. The van der Waals surface area contributed by atoms with E-state index in [0.717, 1.165) is 18.4 Å².